The summed E-state index contributed by atoms with van der Waals surface area (Å²) in [5.74, 6) is 0.804. The molecule has 2 aromatic heterocycles. The van der Waals surface area contributed by atoms with Gasteiger partial charge in [-0.2, -0.15) is 4.80 Å². The maximum absolute atomic E-state index is 13.9. The summed E-state index contributed by atoms with van der Waals surface area (Å²) in [4.78, 5) is 33.8. The number of carbonyl (C=O) groups is 2. The molecule has 1 saturated carbocycles. The van der Waals surface area contributed by atoms with Crippen LogP contribution in [0, 0.1) is 0 Å². The maximum atomic E-state index is 13.9. The molecule has 1 aromatic carbocycles. The van der Waals surface area contributed by atoms with Crippen molar-refractivity contribution in [3.63, 3.8) is 0 Å². The van der Waals surface area contributed by atoms with E-state index in [1.807, 2.05) is 41.8 Å². The molecular weight excluding hydrogens is 530 g/mol. The van der Waals surface area contributed by atoms with Gasteiger partial charge in [0.25, 0.3) is 0 Å². The summed E-state index contributed by atoms with van der Waals surface area (Å²) in [5, 5.41) is 17.9. The van der Waals surface area contributed by atoms with Gasteiger partial charge in [0, 0.05) is 42.7 Å². The van der Waals surface area contributed by atoms with Gasteiger partial charge in [0.2, 0.25) is 17.6 Å². The second-order valence-corrected chi connectivity index (χ2v) is 11.2. The van der Waals surface area contributed by atoms with Crippen molar-refractivity contribution in [2.45, 2.75) is 50.7 Å². The number of tetrazole rings is 1. The fourth-order valence-electron chi connectivity index (χ4n) is 5.29. The van der Waals surface area contributed by atoms with Crippen molar-refractivity contribution in [3.05, 3.63) is 46.7 Å². The van der Waals surface area contributed by atoms with Crippen molar-refractivity contribution in [1.29, 1.82) is 0 Å². The minimum absolute atomic E-state index is 0.112. The Hall–Kier alpha value is -3.35. The summed E-state index contributed by atoms with van der Waals surface area (Å²) < 4.78 is 10.7. The Kier molecular flexibility index (Phi) is 9.74. The molecule has 1 aliphatic heterocycles. The van der Waals surface area contributed by atoms with Crippen LogP contribution in [0.4, 0.5) is 0 Å². The monoisotopic (exact) mass is 567 g/mol. The number of rotatable bonds is 12. The zero-order valence-electron chi connectivity index (χ0n) is 22.9. The molecule has 2 fully saturated rings. The van der Waals surface area contributed by atoms with Gasteiger partial charge in [-0.15, -0.1) is 21.5 Å². The van der Waals surface area contributed by atoms with E-state index >= 15 is 0 Å². The first kappa shape index (κ1) is 28.2. The summed E-state index contributed by atoms with van der Waals surface area (Å²) in [5.41, 5.74) is 0.772. The number of benzene rings is 1. The van der Waals surface area contributed by atoms with Crippen LogP contribution >= 0.6 is 11.3 Å². The number of methoxy groups -OCH3 is 1. The van der Waals surface area contributed by atoms with Gasteiger partial charge in [0.15, 0.2) is 0 Å². The zero-order chi connectivity index (χ0) is 27.7. The number of amides is 2. The molecule has 0 bridgehead atoms. The van der Waals surface area contributed by atoms with Crippen LogP contribution in [0.15, 0.2) is 41.8 Å². The van der Waals surface area contributed by atoms with E-state index in [0.29, 0.717) is 12.4 Å². The van der Waals surface area contributed by atoms with Gasteiger partial charge in [0.05, 0.1) is 20.3 Å². The highest BCUT2D eigenvalue weighted by Gasteiger charge is 2.34. The lowest BCUT2D eigenvalue weighted by molar-refractivity contribution is -0.142. The van der Waals surface area contributed by atoms with Gasteiger partial charge >= 0.3 is 0 Å². The number of morpholine rings is 1. The van der Waals surface area contributed by atoms with Gasteiger partial charge in [-0.25, -0.2) is 0 Å². The fraction of sp³-hybridized carbons (Fsp3) is 0.536. The molecule has 1 N–H and O–H groups in total. The van der Waals surface area contributed by atoms with Crippen LogP contribution < -0.4 is 10.1 Å². The maximum Gasteiger partial charge on any atom is 0.248 e. The highest BCUT2D eigenvalue weighted by Crippen LogP contribution is 2.28. The predicted molar refractivity (Wildman–Crippen MR) is 151 cm³/mol. The van der Waals surface area contributed by atoms with Crippen LogP contribution in [0.1, 0.15) is 43.0 Å². The van der Waals surface area contributed by atoms with E-state index in [2.05, 4.69) is 25.6 Å². The zero-order valence-corrected chi connectivity index (χ0v) is 23.7. The van der Waals surface area contributed by atoms with Crippen LogP contribution in [-0.4, -0.2) is 94.4 Å². The molecule has 0 radical (unpaired) electrons. The predicted octanol–water partition coefficient (Wildman–Crippen LogP) is 2.76. The summed E-state index contributed by atoms with van der Waals surface area (Å²) >= 11 is 1.49. The standard InChI is InChI=1S/C28H37N7O4S/c1-38-23-11-9-21(10-12-23)27-30-32-35(31-27)20-25(36)34(14-5-13-33-15-17-39-18-16-33)26(24-8-4-19-40-24)28(37)29-22-6-2-3-7-22/h4,8-12,19,22,26H,2-3,5-7,13-18,20H2,1H3,(H,29,37)/t26-/m1/s1. The lowest BCUT2D eigenvalue weighted by Crippen LogP contribution is -2.48. The molecule has 1 atom stereocenters. The Labute approximate surface area is 238 Å². The molecule has 12 heteroatoms. The van der Waals surface area contributed by atoms with Gasteiger partial charge < -0.3 is 19.7 Å². The molecule has 2 aliphatic rings. The molecule has 3 heterocycles. The number of nitrogens with one attached hydrogen (secondary N) is 1. The topological polar surface area (TPSA) is 115 Å². The number of aromatic nitrogens is 4. The van der Waals surface area contributed by atoms with Crippen LogP contribution in [0.3, 0.4) is 0 Å². The average molecular weight is 568 g/mol. The van der Waals surface area contributed by atoms with Crippen molar-refractivity contribution >= 4 is 23.2 Å². The van der Waals surface area contributed by atoms with E-state index in [-0.39, 0.29) is 24.4 Å². The number of nitrogens with zero attached hydrogens (tertiary/aromatic N) is 6. The number of hydrogen-bond acceptors (Lipinski definition) is 9. The third-order valence-electron chi connectivity index (χ3n) is 7.45. The number of hydrogen-bond donors (Lipinski definition) is 1. The fourth-order valence-corrected chi connectivity index (χ4v) is 6.12. The lowest BCUT2D eigenvalue weighted by atomic mass is 10.1. The van der Waals surface area contributed by atoms with Crippen LogP contribution in [0.2, 0.25) is 0 Å². The smallest absolute Gasteiger partial charge is 0.248 e. The molecule has 1 aliphatic carbocycles. The molecule has 2 amide bonds. The van der Waals surface area contributed by atoms with Gasteiger partial charge in [-0.3, -0.25) is 14.5 Å². The first-order valence-electron chi connectivity index (χ1n) is 14.0. The first-order valence-corrected chi connectivity index (χ1v) is 14.8. The van der Waals surface area contributed by atoms with Crippen molar-refractivity contribution in [2.24, 2.45) is 0 Å². The second kappa shape index (κ2) is 13.8. The van der Waals surface area contributed by atoms with E-state index in [1.54, 1.807) is 12.0 Å². The molecule has 40 heavy (non-hydrogen) atoms. The number of thiophene rings is 1. The summed E-state index contributed by atoms with van der Waals surface area (Å²) in [6.45, 7) is 4.36. The van der Waals surface area contributed by atoms with Crippen molar-refractivity contribution in [2.75, 3.05) is 46.5 Å². The highest BCUT2D eigenvalue weighted by molar-refractivity contribution is 7.10. The summed E-state index contributed by atoms with van der Waals surface area (Å²) in [6.07, 6.45) is 4.93. The Morgan fingerprint density at radius 3 is 2.65 bits per heavy atom. The molecular formula is C28H37N7O4S. The van der Waals surface area contributed by atoms with E-state index in [9.17, 15) is 9.59 Å². The molecule has 0 unspecified atom stereocenters. The van der Waals surface area contributed by atoms with Gasteiger partial charge in [0.1, 0.15) is 18.3 Å². The normalized spacial score (nSPS) is 17.0. The Morgan fingerprint density at radius 1 is 1.18 bits per heavy atom. The third-order valence-corrected chi connectivity index (χ3v) is 8.37. The SMILES string of the molecule is COc1ccc(-c2nnn(CC(=O)N(CCCN3CCOCC3)[C@@H](C(=O)NC3CCCC3)c3cccs3)n2)cc1. The molecule has 11 nitrogen and oxygen atoms in total. The second-order valence-electron chi connectivity index (χ2n) is 10.2. The molecule has 3 aromatic rings. The number of ether oxygens (including phenoxy) is 2. The highest BCUT2D eigenvalue weighted by atomic mass is 32.1. The average Bonchev–Trinajstić information content (AvgIpc) is 3.77. The van der Waals surface area contributed by atoms with Gasteiger partial charge in [-0.1, -0.05) is 18.9 Å². The lowest BCUT2D eigenvalue weighted by Gasteiger charge is -2.32. The minimum Gasteiger partial charge on any atom is -0.497 e. The molecule has 214 valence electrons. The third kappa shape index (κ3) is 7.23. The molecule has 0 spiro atoms. The Balaban J connectivity index is 1.34. The molecule has 1 saturated heterocycles. The number of carbonyl (C=O) groups excluding carboxylic acids is 2. The first-order chi connectivity index (χ1) is 19.6. The van der Waals surface area contributed by atoms with Crippen LogP contribution in [-0.2, 0) is 20.9 Å². The van der Waals surface area contributed by atoms with Crippen molar-refractivity contribution in [3.8, 4) is 17.1 Å². The van der Waals surface area contributed by atoms with Crippen molar-refractivity contribution in [1.82, 2.24) is 35.3 Å². The summed E-state index contributed by atoms with van der Waals surface area (Å²) in [7, 11) is 1.61. The van der Waals surface area contributed by atoms with E-state index < -0.39 is 6.04 Å². The van der Waals surface area contributed by atoms with E-state index in [0.717, 1.165) is 81.1 Å². The van der Waals surface area contributed by atoms with Crippen molar-refractivity contribution < 1.29 is 19.1 Å². The van der Waals surface area contributed by atoms with Gasteiger partial charge in [-0.05, 0) is 60.2 Å². The minimum atomic E-state index is -0.706. The van der Waals surface area contributed by atoms with E-state index in [1.165, 1.54) is 16.1 Å². The Bertz CT molecular complexity index is 1220. The van der Waals surface area contributed by atoms with Crippen LogP contribution in [0.25, 0.3) is 11.4 Å². The largest absolute Gasteiger partial charge is 0.497 e. The molecule has 5 rings (SSSR count). The van der Waals surface area contributed by atoms with Crippen LogP contribution in [0.5, 0.6) is 5.75 Å². The summed E-state index contributed by atoms with van der Waals surface area (Å²) in [6, 6.07) is 10.7. The Morgan fingerprint density at radius 2 is 1.95 bits per heavy atom. The quantitative estimate of drug-likeness (QED) is 0.355. The van der Waals surface area contributed by atoms with E-state index in [4.69, 9.17) is 9.47 Å².